The molecule has 50 heavy (non-hydrogen) atoms. The molecule has 2 aliphatic carbocycles. The lowest BCUT2D eigenvalue weighted by Gasteiger charge is -2.12. The Bertz CT molecular complexity index is 2660. The molecule has 0 bridgehead atoms. The number of sulfone groups is 2. The predicted molar refractivity (Wildman–Crippen MR) is 180 cm³/mol. The topological polar surface area (TPSA) is 187 Å². The minimum absolute atomic E-state index is 0.0408. The highest BCUT2D eigenvalue weighted by atomic mass is 32.2. The van der Waals surface area contributed by atoms with Gasteiger partial charge in [0.1, 0.15) is 41.5 Å². The van der Waals surface area contributed by atoms with Crippen LogP contribution in [0.3, 0.4) is 0 Å². The molecule has 0 saturated carbocycles. The second-order valence-corrected chi connectivity index (χ2v) is 15.1. The van der Waals surface area contributed by atoms with E-state index in [-0.39, 0.29) is 69.7 Å². The summed E-state index contributed by atoms with van der Waals surface area (Å²) < 4.78 is 54.4. The van der Waals surface area contributed by atoms with Gasteiger partial charge >= 0.3 is 0 Å². The Kier molecular flexibility index (Phi) is 7.29. The molecule has 0 unspecified atom stereocenters. The van der Waals surface area contributed by atoms with Gasteiger partial charge in [0.2, 0.25) is 19.7 Å². The standard InChI is InChI=1S/C39H17N5O4S2/c40-18-23(19-41)36-31-15-27(49(45,46)25-7-3-1-4-8-25)11-13-29(31)38-33(36)17-34-37(24(20-42)21-43)32-16-28(12-14-30(32)39(34)35(38)22-44)50(47,48)26-9-5-2-6-10-26/h1-17H. The fourth-order valence-electron chi connectivity index (χ4n) is 6.55. The van der Waals surface area contributed by atoms with E-state index in [1.807, 2.05) is 24.3 Å². The molecule has 0 heterocycles. The molecule has 7 rings (SSSR count). The van der Waals surface area contributed by atoms with Crippen LogP contribution in [0.5, 0.6) is 0 Å². The molecular formula is C39H17N5O4S2. The normalized spacial score (nSPS) is 12.1. The molecule has 0 saturated heterocycles. The van der Waals surface area contributed by atoms with E-state index in [0.29, 0.717) is 22.3 Å². The maximum Gasteiger partial charge on any atom is 0.206 e. The SMILES string of the molecule is N#CC(C#N)=C1c2cc(S(=O)(=O)c3ccccc3)ccc2-c2c1cc1c(c2C#N)-c2ccc(S(=O)(=O)c3ccccc3)cc2C1=C(C#N)C#N. The Morgan fingerprint density at radius 3 is 1.14 bits per heavy atom. The van der Waals surface area contributed by atoms with Crippen LogP contribution in [0.2, 0.25) is 0 Å². The summed E-state index contributed by atoms with van der Waals surface area (Å²) in [5.74, 6) is 0. The van der Waals surface area contributed by atoms with Gasteiger partial charge in [0.25, 0.3) is 0 Å². The lowest BCUT2D eigenvalue weighted by molar-refractivity contribution is 0.594. The van der Waals surface area contributed by atoms with Crippen LogP contribution < -0.4 is 0 Å². The summed E-state index contributed by atoms with van der Waals surface area (Å²) in [4.78, 5) is -0.107. The largest absolute Gasteiger partial charge is 0.219 e. The average molecular weight is 684 g/mol. The maximum atomic E-state index is 13.6. The van der Waals surface area contributed by atoms with Gasteiger partial charge in [0, 0.05) is 22.3 Å². The van der Waals surface area contributed by atoms with Crippen molar-refractivity contribution in [2.24, 2.45) is 0 Å². The van der Waals surface area contributed by atoms with Crippen molar-refractivity contribution in [3.8, 4) is 52.6 Å². The van der Waals surface area contributed by atoms with E-state index in [9.17, 15) is 43.1 Å². The van der Waals surface area contributed by atoms with Gasteiger partial charge in [-0.3, -0.25) is 0 Å². The third-order valence-corrected chi connectivity index (χ3v) is 12.2. The first kappa shape index (κ1) is 31.5. The molecule has 0 fully saturated rings. The summed E-state index contributed by atoms with van der Waals surface area (Å²) in [6, 6.07) is 35.4. The predicted octanol–water partition coefficient (Wildman–Crippen LogP) is 6.88. The van der Waals surface area contributed by atoms with Gasteiger partial charge in [-0.2, -0.15) is 26.3 Å². The van der Waals surface area contributed by atoms with Gasteiger partial charge in [0.05, 0.1) is 25.1 Å². The van der Waals surface area contributed by atoms with Crippen molar-refractivity contribution >= 4 is 30.8 Å². The number of nitriles is 5. The lowest BCUT2D eigenvalue weighted by Crippen LogP contribution is -2.02. The van der Waals surface area contributed by atoms with E-state index in [0.717, 1.165) is 0 Å². The molecule has 0 spiro atoms. The van der Waals surface area contributed by atoms with Crippen LogP contribution in [0.25, 0.3) is 33.4 Å². The van der Waals surface area contributed by atoms with Gasteiger partial charge < -0.3 is 0 Å². The average Bonchev–Trinajstić information content (AvgIpc) is 3.64. The maximum absolute atomic E-state index is 13.6. The minimum atomic E-state index is -4.02. The van der Waals surface area contributed by atoms with Crippen molar-refractivity contribution in [2.45, 2.75) is 19.6 Å². The van der Waals surface area contributed by atoms with E-state index in [2.05, 4.69) is 6.07 Å². The molecule has 9 nitrogen and oxygen atoms in total. The summed E-state index contributed by atoms with van der Waals surface area (Å²) in [7, 11) is -8.04. The molecule has 0 atom stereocenters. The third kappa shape index (κ3) is 4.46. The fourth-order valence-corrected chi connectivity index (χ4v) is 9.17. The van der Waals surface area contributed by atoms with E-state index >= 15 is 0 Å². The second-order valence-electron chi connectivity index (χ2n) is 11.2. The van der Waals surface area contributed by atoms with Gasteiger partial charge in [-0.15, -0.1) is 0 Å². The minimum Gasteiger partial charge on any atom is -0.219 e. The smallest absolute Gasteiger partial charge is 0.206 e. The molecule has 5 aromatic rings. The summed E-state index contributed by atoms with van der Waals surface area (Å²) in [5, 5.41) is 51.0. The Balaban J connectivity index is 1.55. The van der Waals surface area contributed by atoms with Crippen LogP contribution in [-0.2, 0) is 19.7 Å². The van der Waals surface area contributed by atoms with Gasteiger partial charge in [-0.25, -0.2) is 16.8 Å². The zero-order chi connectivity index (χ0) is 35.4. The number of allylic oxidation sites excluding steroid dienone is 2. The summed E-state index contributed by atoms with van der Waals surface area (Å²) in [5.41, 5.74) is 1.98. The van der Waals surface area contributed by atoms with Crippen LogP contribution in [0.15, 0.2) is 134 Å². The van der Waals surface area contributed by atoms with Gasteiger partial charge in [0.15, 0.2) is 0 Å². The molecule has 0 amide bonds. The number of hydrogen-bond donors (Lipinski definition) is 0. The Morgan fingerprint density at radius 1 is 0.420 bits per heavy atom. The molecule has 2 aliphatic rings. The van der Waals surface area contributed by atoms with E-state index < -0.39 is 19.7 Å². The first-order valence-electron chi connectivity index (χ1n) is 14.7. The van der Waals surface area contributed by atoms with Crippen LogP contribution in [-0.4, -0.2) is 16.8 Å². The first-order valence-corrected chi connectivity index (χ1v) is 17.7. The van der Waals surface area contributed by atoms with Crippen molar-refractivity contribution < 1.29 is 16.8 Å². The molecule has 234 valence electrons. The zero-order valence-electron chi connectivity index (χ0n) is 25.5. The van der Waals surface area contributed by atoms with E-state index in [1.165, 1.54) is 60.7 Å². The van der Waals surface area contributed by atoms with Crippen molar-refractivity contribution in [2.75, 3.05) is 0 Å². The Labute approximate surface area is 287 Å². The summed E-state index contributed by atoms with van der Waals surface area (Å²) in [6.07, 6.45) is 0. The lowest BCUT2D eigenvalue weighted by atomic mass is 9.89. The van der Waals surface area contributed by atoms with Crippen LogP contribution in [0.4, 0.5) is 0 Å². The summed E-state index contributed by atoms with van der Waals surface area (Å²) >= 11 is 0. The highest BCUT2D eigenvalue weighted by Crippen LogP contribution is 2.56. The molecular weight excluding hydrogens is 667 g/mol. The highest BCUT2D eigenvalue weighted by Gasteiger charge is 2.38. The monoisotopic (exact) mass is 683 g/mol. The van der Waals surface area contributed by atoms with E-state index in [4.69, 9.17) is 0 Å². The molecule has 0 radical (unpaired) electrons. The van der Waals surface area contributed by atoms with Crippen LogP contribution in [0.1, 0.15) is 27.8 Å². The number of benzene rings is 5. The highest BCUT2D eigenvalue weighted by molar-refractivity contribution is 7.91. The van der Waals surface area contributed by atoms with Gasteiger partial charge in [-0.1, -0.05) is 48.5 Å². The van der Waals surface area contributed by atoms with Crippen LogP contribution in [0, 0.1) is 56.7 Å². The number of rotatable bonds is 4. The molecule has 5 aromatic carbocycles. The molecule has 0 aromatic heterocycles. The van der Waals surface area contributed by atoms with Crippen molar-refractivity contribution in [1.29, 1.82) is 26.3 Å². The van der Waals surface area contributed by atoms with Crippen LogP contribution >= 0.6 is 0 Å². The zero-order valence-corrected chi connectivity index (χ0v) is 27.1. The van der Waals surface area contributed by atoms with Crippen molar-refractivity contribution in [1.82, 2.24) is 0 Å². The number of fused-ring (bicyclic) bond motifs is 6. The quantitative estimate of drug-likeness (QED) is 0.178. The molecule has 11 heteroatoms. The Morgan fingerprint density at radius 2 is 0.800 bits per heavy atom. The third-order valence-electron chi connectivity index (χ3n) is 8.71. The van der Waals surface area contributed by atoms with Gasteiger partial charge in [-0.05, 0) is 88.0 Å². The van der Waals surface area contributed by atoms with Crippen molar-refractivity contribution in [3.05, 3.63) is 142 Å². The second kappa shape index (κ2) is 11.6. The fraction of sp³-hybridized carbons (Fsp3) is 0. The van der Waals surface area contributed by atoms with Crippen molar-refractivity contribution in [3.63, 3.8) is 0 Å². The molecule has 0 aliphatic heterocycles. The number of hydrogen-bond acceptors (Lipinski definition) is 9. The summed E-state index contributed by atoms with van der Waals surface area (Å²) in [6.45, 7) is 0. The molecule has 0 N–H and O–H groups in total. The van der Waals surface area contributed by atoms with E-state index in [1.54, 1.807) is 42.5 Å². The Hall–Kier alpha value is -7.07. The number of nitrogens with zero attached hydrogens (tertiary/aromatic N) is 5. The first-order chi connectivity index (χ1) is 24.1.